The lowest BCUT2D eigenvalue weighted by molar-refractivity contribution is -0.145. The maximum Gasteiger partial charge on any atom is 0.253 e. The molecule has 6 heteroatoms. The average Bonchev–Trinajstić information content (AvgIpc) is 2.90. The summed E-state index contributed by atoms with van der Waals surface area (Å²) in [5, 5.41) is 3.19. The molecule has 0 bridgehead atoms. The van der Waals surface area contributed by atoms with E-state index in [0.29, 0.717) is 19.7 Å². The van der Waals surface area contributed by atoms with Crippen LogP contribution < -0.4 is 5.32 Å². The van der Waals surface area contributed by atoms with Crippen LogP contribution in [0.1, 0.15) is 24.8 Å². The number of morpholine rings is 1. The SMILES string of the molecule is CC1CC(c2ccc(F)cc2)CN1C(=O)C1CNCCO1.Cl. The second-order valence-corrected chi connectivity index (χ2v) is 5.89. The third-order valence-electron chi connectivity index (χ3n) is 4.40. The van der Waals surface area contributed by atoms with Crippen LogP contribution in [-0.4, -0.2) is 49.2 Å². The van der Waals surface area contributed by atoms with Crippen LogP contribution in [0.25, 0.3) is 0 Å². The first-order valence-electron chi connectivity index (χ1n) is 7.53. The highest BCUT2D eigenvalue weighted by Gasteiger charge is 2.37. The largest absolute Gasteiger partial charge is 0.366 e. The molecule has 0 aromatic heterocycles. The monoisotopic (exact) mass is 328 g/mol. The van der Waals surface area contributed by atoms with Gasteiger partial charge in [0.05, 0.1) is 6.61 Å². The number of ether oxygens (including phenoxy) is 1. The summed E-state index contributed by atoms with van der Waals surface area (Å²) in [5.74, 6) is 0.125. The van der Waals surface area contributed by atoms with Crippen molar-refractivity contribution in [3.63, 3.8) is 0 Å². The van der Waals surface area contributed by atoms with E-state index in [0.717, 1.165) is 18.5 Å². The van der Waals surface area contributed by atoms with Crippen LogP contribution in [0.2, 0.25) is 0 Å². The van der Waals surface area contributed by atoms with Crippen LogP contribution in [0.5, 0.6) is 0 Å². The molecule has 0 radical (unpaired) electrons. The minimum Gasteiger partial charge on any atom is -0.366 e. The number of hydrogen-bond acceptors (Lipinski definition) is 3. The van der Waals surface area contributed by atoms with Crippen molar-refractivity contribution in [2.24, 2.45) is 0 Å². The number of carbonyl (C=O) groups is 1. The molecular weight excluding hydrogens is 307 g/mol. The standard InChI is InChI=1S/C16H21FN2O2.ClH/c1-11-8-13(12-2-4-14(17)5-3-12)10-19(11)16(20)15-9-18-6-7-21-15;/h2-5,11,13,15,18H,6-10H2,1H3;1H. The lowest BCUT2D eigenvalue weighted by atomic mass is 9.97. The van der Waals surface area contributed by atoms with E-state index in [9.17, 15) is 9.18 Å². The van der Waals surface area contributed by atoms with Crippen LogP contribution in [0.3, 0.4) is 0 Å². The molecule has 22 heavy (non-hydrogen) atoms. The van der Waals surface area contributed by atoms with E-state index in [1.54, 1.807) is 0 Å². The summed E-state index contributed by atoms with van der Waals surface area (Å²) in [5.41, 5.74) is 1.10. The highest BCUT2D eigenvalue weighted by molar-refractivity contribution is 5.85. The van der Waals surface area contributed by atoms with Crippen molar-refractivity contribution in [2.45, 2.75) is 31.4 Å². The molecule has 1 aromatic rings. The van der Waals surface area contributed by atoms with Crippen molar-refractivity contribution in [1.82, 2.24) is 10.2 Å². The fourth-order valence-electron chi connectivity index (χ4n) is 3.22. The van der Waals surface area contributed by atoms with E-state index in [4.69, 9.17) is 4.74 Å². The van der Waals surface area contributed by atoms with Gasteiger partial charge in [-0.2, -0.15) is 0 Å². The summed E-state index contributed by atoms with van der Waals surface area (Å²) in [7, 11) is 0. The minimum absolute atomic E-state index is 0. The molecule has 122 valence electrons. The first kappa shape index (κ1) is 17.2. The van der Waals surface area contributed by atoms with Gasteiger partial charge in [-0.3, -0.25) is 4.79 Å². The summed E-state index contributed by atoms with van der Waals surface area (Å²) >= 11 is 0. The van der Waals surface area contributed by atoms with Gasteiger partial charge >= 0.3 is 0 Å². The first-order chi connectivity index (χ1) is 10.1. The maximum atomic E-state index is 13.0. The van der Waals surface area contributed by atoms with Gasteiger partial charge in [-0.25, -0.2) is 4.39 Å². The Labute approximate surface area is 136 Å². The van der Waals surface area contributed by atoms with Gasteiger partial charge in [0.25, 0.3) is 5.91 Å². The Morgan fingerprint density at radius 2 is 2.09 bits per heavy atom. The summed E-state index contributed by atoms with van der Waals surface area (Å²) in [6, 6.07) is 6.80. The van der Waals surface area contributed by atoms with Crippen molar-refractivity contribution in [2.75, 3.05) is 26.2 Å². The fraction of sp³-hybridized carbons (Fsp3) is 0.562. The number of likely N-dealkylation sites (tertiary alicyclic amines) is 1. The number of amides is 1. The molecule has 4 nitrogen and oxygen atoms in total. The van der Waals surface area contributed by atoms with E-state index < -0.39 is 0 Å². The smallest absolute Gasteiger partial charge is 0.253 e. The Bertz CT molecular complexity index is 505. The van der Waals surface area contributed by atoms with Gasteiger partial charge in [-0.05, 0) is 31.0 Å². The molecule has 2 aliphatic heterocycles. The van der Waals surface area contributed by atoms with Crippen LogP contribution >= 0.6 is 12.4 Å². The van der Waals surface area contributed by atoms with E-state index in [2.05, 4.69) is 12.2 Å². The van der Waals surface area contributed by atoms with Crippen LogP contribution in [0, 0.1) is 5.82 Å². The minimum atomic E-state index is -0.367. The van der Waals surface area contributed by atoms with Crippen molar-refractivity contribution in [3.05, 3.63) is 35.6 Å². The van der Waals surface area contributed by atoms with Crippen molar-refractivity contribution in [1.29, 1.82) is 0 Å². The predicted molar refractivity (Wildman–Crippen MR) is 84.8 cm³/mol. The molecule has 3 unspecified atom stereocenters. The van der Waals surface area contributed by atoms with E-state index in [1.807, 2.05) is 17.0 Å². The lowest BCUT2D eigenvalue weighted by Crippen LogP contribution is -2.50. The molecule has 3 rings (SSSR count). The van der Waals surface area contributed by atoms with Gasteiger partial charge in [0.1, 0.15) is 11.9 Å². The van der Waals surface area contributed by atoms with Gasteiger partial charge in [0.15, 0.2) is 0 Å². The van der Waals surface area contributed by atoms with E-state index in [-0.39, 0.29) is 42.2 Å². The Morgan fingerprint density at radius 3 is 2.73 bits per heavy atom. The molecule has 2 fully saturated rings. The van der Waals surface area contributed by atoms with Crippen molar-refractivity contribution < 1.29 is 13.9 Å². The van der Waals surface area contributed by atoms with Crippen LogP contribution in [0.15, 0.2) is 24.3 Å². The molecule has 1 aromatic carbocycles. The first-order valence-corrected chi connectivity index (χ1v) is 7.53. The van der Waals surface area contributed by atoms with E-state index >= 15 is 0 Å². The topological polar surface area (TPSA) is 41.6 Å². The second-order valence-electron chi connectivity index (χ2n) is 5.89. The number of nitrogens with one attached hydrogen (secondary N) is 1. The third kappa shape index (κ3) is 3.59. The second kappa shape index (κ2) is 7.40. The zero-order valence-electron chi connectivity index (χ0n) is 12.6. The van der Waals surface area contributed by atoms with Crippen molar-refractivity contribution >= 4 is 18.3 Å². The molecule has 1 N–H and O–H groups in total. The summed E-state index contributed by atoms with van der Waals surface area (Å²) < 4.78 is 18.6. The Kier molecular flexibility index (Phi) is 5.78. The zero-order valence-corrected chi connectivity index (χ0v) is 13.4. The summed E-state index contributed by atoms with van der Waals surface area (Å²) in [4.78, 5) is 14.5. The molecule has 2 saturated heterocycles. The Hall–Kier alpha value is -1.17. The quantitative estimate of drug-likeness (QED) is 0.902. The predicted octanol–water partition coefficient (Wildman–Crippen LogP) is 1.94. The van der Waals surface area contributed by atoms with Crippen LogP contribution in [0.4, 0.5) is 4.39 Å². The molecule has 0 spiro atoms. The number of nitrogens with zero attached hydrogens (tertiary/aromatic N) is 1. The molecule has 0 aliphatic carbocycles. The van der Waals surface area contributed by atoms with Gasteiger partial charge in [-0.15, -0.1) is 12.4 Å². The fourth-order valence-corrected chi connectivity index (χ4v) is 3.22. The zero-order chi connectivity index (χ0) is 14.8. The highest BCUT2D eigenvalue weighted by atomic mass is 35.5. The Balaban J connectivity index is 0.00000176. The summed E-state index contributed by atoms with van der Waals surface area (Å²) in [6.07, 6.45) is 0.547. The molecular formula is C16H22ClFN2O2. The Morgan fingerprint density at radius 1 is 1.36 bits per heavy atom. The summed E-state index contributed by atoms with van der Waals surface area (Å²) in [6.45, 7) is 4.73. The molecule has 3 atom stereocenters. The molecule has 1 amide bonds. The normalized spacial score (nSPS) is 28.3. The van der Waals surface area contributed by atoms with Gasteiger partial charge in [0.2, 0.25) is 0 Å². The van der Waals surface area contributed by atoms with Crippen LogP contribution in [-0.2, 0) is 9.53 Å². The molecule has 2 heterocycles. The van der Waals surface area contributed by atoms with Gasteiger partial charge < -0.3 is 15.0 Å². The number of benzene rings is 1. The number of rotatable bonds is 2. The molecule has 2 aliphatic rings. The number of carbonyl (C=O) groups excluding carboxylic acids is 1. The number of hydrogen-bond donors (Lipinski definition) is 1. The lowest BCUT2D eigenvalue weighted by Gasteiger charge is -2.29. The van der Waals surface area contributed by atoms with E-state index in [1.165, 1.54) is 12.1 Å². The third-order valence-corrected chi connectivity index (χ3v) is 4.40. The highest BCUT2D eigenvalue weighted by Crippen LogP contribution is 2.32. The number of halogens is 2. The van der Waals surface area contributed by atoms with Gasteiger partial charge in [0, 0.05) is 31.6 Å². The van der Waals surface area contributed by atoms with Gasteiger partial charge in [-0.1, -0.05) is 12.1 Å². The maximum absolute atomic E-state index is 13.0. The average molecular weight is 329 g/mol. The molecule has 0 saturated carbocycles. The van der Waals surface area contributed by atoms with Crippen molar-refractivity contribution in [3.8, 4) is 0 Å².